The van der Waals surface area contributed by atoms with Crippen LogP contribution in [0.25, 0.3) is 44.4 Å². The van der Waals surface area contributed by atoms with Crippen LogP contribution >= 0.6 is 0 Å². The van der Waals surface area contributed by atoms with Crippen LogP contribution in [0.2, 0.25) is 0 Å². The average molecular weight is 536 g/mol. The summed E-state index contributed by atoms with van der Waals surface area (Å²) in [6.07, 6.45) is 3.82. The molecule has 0 spiro atoms. The Morgan fingerprint density at radius 3 is 1.65 bits per heavy atom. The molecule has 0 saturated heterocycles. The molecular formula is C35H45N5. The molecule has 5 rings (SSSR count). The lowest BCUT2D eigenvalue weighted by Gasteiger charge is -2.15. The minimum atomic E-state index is 0.788. The van der Waals surface area contributed by atoms with E-state index in [1.807, 2.05) is 0 Å². The van der Waals surface area contributed by atoms with Gasteiger partial charge in [0.1, 0.15) is 0 Å². The van der Waals surface area contributed by atoms with E-state index in [4.69, 9.17) is 9.97 Å². The van der Waals surface area contributed by atoms with E-state index in [1.54, 1.807) is 0 Å². The van der Waals surface area contributed by atoms with Crippen molar-refractivity contribution in [1.29, 1.82) is 0 Å². The highest BCUT2D eigenvalue weighted by molar-refractivity contribution is 5.97. The Morgan fingerprint density at radius 1 is 0.575 bits per heavy atom. The number of fused-ring (bicyclic) bond motifs is 8. The smallest absolute Gasteiger partial charge is 0.0739 e. The van der Waals surface area contributed by atoms with Gasteiger partial charge in [0.25, 0.3) is 0 Å². The molecule has 5 heterocycles. The lowest BCUT2D eigenvalue weighted by Crippen LogP contribution is -2.14. The topological polar surface area (TPSA) is 60.6 Å². The third-order valence-electron chi connectivity index (χ3n) is 8.92. The molecule has 0 aromatic carbocycles. The maximum Gasteiger partial charge on any atom is 0.0739 e. The molecule has 5 heteroatoms. The van der Waals surface area contributed by atoms with E-state index >= 15 is 0 Å². The predicted octanol–water partition coefficient (Wildman–Crippen LogP) is 8.80. The zero-order chi connectivity index (χ0) is 28.9. The number of H-pyrrole nitrogens is 2. The van der Waals surface area contributed by atoms with Gasteiger partial charge in [-0.05, 0) is 130 Å². The molecule has 2 aliphatic heterocycles. The molecule has 210 valence electrons. The third-order valence-corrected chi connectivity index (χ3v) is 8.92. The van der Waals surface area contributed by atoms with Gasteiger partial charge in [0.05, 0.1) is 22.8 Å². The van der Waals surface area contributed by atoms with Gasteiger partial charge in [0, 0.05) is 34.2 Å². The van der Waals surface area contributed by atoms with Crippen molar-refractivity contribution in [2.45, 2.75) is 87.6 Å². The fraction of sp³-hybridized carbons (Fsp3) is 0.429. The first-order valence-electron chi connectivity index (χ1n) is 14.9. The SMILES string of the molecule is CCC1=C(C)c2nc1cc1[nH]c(cc3[nH]c(cc4nc(c2CN(C)C)C(CC)=C4C)c(CC)c3C)c(CC)c1C. The number of rotatable bonds is 6. The molecule has 0 fully saturated rings. The third kappa shape index (κ3) is 4.54. The van der Waals surface area contributed by atoms with Gasteiger partial charge in [0.15, 0.2) is 0 Å². The Morgan fingerprint density at radius 2 is 1.10 bits per heavy atom. The summed E-state index contributed by atoms with van der Waals surface area (Å²) in [5.41, 5.74) is 20.7. The number of aromatic nitrogens is 4. The predicted molar refractivity (Wildman–Crippen MR) is 172 cm³/mol. The Bertz CT molecular complexity index is 1720. The largest absolute Gasteiger partial charge is 0.355 e. The molecule has 8 bridgehead atoms. The van der Waals surface area contributed by atoms with E-state index in [1.165, 1.54) is 55.6 Å². The van der Waals surface area contributed by atoms with E-state index in [2.05, 4.69) is 103 Å². The average Bonchev–Trinajstić information content (AvgIpc) is 3.59. The Kier molecular flexibility index (Phi) is 7.62. The lowest BCUT2D eigenvalue weighted by atomic mass is 9.96. The number of nitrogens with zero attached hydrogens (tertiary/aromatic N) is 3. The van der Waals surface area contributed by atoms with Crippen molar-refractivity contribution in [2.24, 2.45) is 0 Å². The highest BCUT2D eigenvalue weighted by atomic mass is 15.1. The van der Waals surface area contributed by atoms with Gasteiger partial charge in [-0.25, -0.2) is 9.97 Å². The van der Waals surface area contributed by atoms with Crippen LogP contribution in [0.15, 0.2) is 18.2 Å². The van der Waals surface area contributed by atoms with Gasteiger partial charge < -0.3 is 14.9 Å². The fourth-order valence-electron chi connectivity index (χ4n) is 6.69. The Hall–Kier alpha value is -3.44. The highest BCUT2D eigenvalue weighted by Gasteiger charge is 2.25. The molecule has 0 radical (unpaired) electrons. The number of aromatic amines is 2. The van der Waals surface area contributed by atoms with Crippen molar-refractivity contribution < 1.29 is 0 Å². The minimum Gasteiger partial charge on any atom is -0.355 e. The molecule has 0 atom stereocenters. The second kappa shape index (κ2) is 10.9. The van der Waals surface area contributed by atoms with Crippen LogP contribution in [-0.4, -0.2) is 38.9 Å². The van der Waals surface area contributed by atoms with Crippen molar-refractivity contribution in [3.05, 3.63) is 68.8 Å². The first kappa shape index (κ1) is 28.1. The second-order valence-electron chi connectivity index (χ2n) is 11.6. The zero-order valence-electron chi connectivity index (χ0n) is 26.1. The molecule has 5 nitrogen and oxygen atoms in total. The fourth-order valence-corrected chi connectivity index (χ4v) is 6.69. The molecule has 0 saturated carbocycles. The van der Waals surface area contributed by atoms with Crippen LogP contribution in [0, 0.1) is 13.8 Å². The maximum absolute atomic E-state index is 5.36. The van der Waals surface area contributed by atoms with E-state index in [0.29, 0.717) is 0 Å². The molecule has 3 aromatic rings. The molecule has 2 aliphatic rings. The zero-order valence-corrected chi connectivity index (χ0v) is 26.1. The monoisotopic (exact) mass is 535 g/mol. The van der Waals surface area contributed by atoms with Gasteiger partial charge >= 0.3 is 0 Å². The number of aryl methyl sites for hydroxylation is 4. The van der Waals surface area contributed by atoms with Gasteiger partial charge in [-0.15, -0.1) is 0 Å². The van der Waals surface area contributed by atoms with E-state index in [-0.39, 0.29) is 0 Å². The summed E-state index contributed by atoms with van der Waals surface area (Å²) in [5.74, 6) is 0. The normalized spacial score (nSPS) is 13.8. The molecule has 2 N–H and O–H groups in total. The summed E-state index contributed by atoms with van der Waals surface area (Å²) in [7, 11) is 4.27. The highest BCUT2D eigenvalue weighted by Crippen LogP contribution is 2.40. The minimum absolute atomic E-state index is 0.788. The van der Waals surface area contributed by atoms with Gasteiger partial charge in [0.2, 0.25) is 0 Å². The van der Waals surface area contributed by atoms with Crippen LogP contribution in [0.3, 0.4) is 0 Å². The molecular weight excluding hydrogens is 490 g/mol. The molecule has 40 heavy (non-hydrogen) atoms. The Balaban J connectivity index is 2.06. The van der Waals surface area contributed by atoms with E-state index in [0.717, 1.165) is 71.6 Å². The first-order chi connectivity index (χ1) is 19.1. The van der Waals surface area contributed by atoms with Crippen LogP contribution < -0.4 is 0 Å². The molecule has 0 unspecified atom stereocenters. The summed E-state index contributed by atoms with van der Waals surface area (Å²) in [6.45, 7) is 18.7. The molecule has 0 amide bonds. The van der Waals surface area contributed by atoms with Crippen LogP contribution in [-0.2, 0) is 19.4 Å². The van der Waals surface area contributed by atoms with Crippen molar-refractivity contribution >= 4 is 44.4 Å². The summed E-state index contributed by atoms with van der Waals surface area (Å²) in [5, 5.41) is 0. The second-order valence-corrected chi connectivity index (χ2v) is 11.6. The summed E-state index contributed by atoms with van der Waals surface area (Å²) >= 11 is 0. The van der Waals surface area contributed by atoms with Crippen molar-refractivity contribution in [3.63, 3.8) is 0 Å². The van der Waals surface area contributed by atoms with Gasteiger partial charge in [-0.1, -0.05) is 27.7 Å². The maximum atomic E-state index is 5.36. The van der Waals surface area contributed by atoms with E-state index in [9.17, 15) is 0 Å². The first-order valence-corrected chi connectivity index (χ1v) is 14.9. The quantitative estimate of drug-likeness (QED) is 0.331. The number of allylic oxidation sites excluding steroid dienone is 4. The van der Waals surface area contributed by atoms with Crippen molar-refractivity contribution in [3.8, 4) is 0 Å². The van der Waals surface area contributed by atoms with Crippen LogP contribution in [0.5, 0.6) is 0 Å². The number of hydrogen-bond donors (Lipinski definition) is 2. The van der Waals surface area contributed by atoms with E-state index < -0.39 is 0 Å². The molecule has 3 aromatic heterocycles. The number of nitrogens with one attached hydrogen (secondary N) is 2. The summed E-state index contributed by atoms with van der Waals surface area (Å²) in [6, 6.07) is 6.84. The molecule has 0 aliphatic carbocycles. The summed E-state index contributed by atoms with van der Waals surface area (Å²) < 4.78 is 0. The van der Waals surface area contributed by atoms with Crippen molar-refractivity contribution in [2.75, 3.05) is 14.1 Å². The van der Waals surface area contributed by atoms with Gasteiger partial charge in [-0.3, -0.25) is 0 Å². The standard InChI is InChI=1S/C35H45N5/c1-11-23-20(6)29-16-33-25(13-3)22(8)34(39-33)27(18-40(9)10)35-26(14-4)21(7)30(38-35)17-32-24(12-2)19(5)28(36-32)15-31(23)37-29/h15-17,36-37H,11-14,18H2,1-10H3. The van der Waals surface area contributed by atoms with Gasteiger partial charge in [-0.2, -0.15) is 0 Å². The summed E-state index contributed by atoms with van der Waals surface area (Å²) in [4.78, 5) is 20.5. The lowest BCUT2D eigenvalue weighted by molar-refractivity contribution is 0.400. The number of hydrogen-bond acceptors (Lipinski definition) is 3. The Labute approximate surface area is 239 Å². The van der Waals surface area contributed by atoms with Crippen LogP contribution in [0.4, 0.5) is 0 Å². The van der Waals surface area contributed by atoms with Crippen LogP contribution in [0.1, 0.15) is 105 Å². The van der Waals surface area contributed by atoms with Crippen molar-refractivity contribution in [1.82, 2.24) is 24.8 Å².